The number of hydrogen-bond donors (Lipinski definition) is 1. The Bertz CT molecular complexity index is 348. The molecule has 0 atom stereocenters. The second-order valence-electron chi connectivity index (χ2n) is 4.19. The van der Waals surface area contributed by atoms with E-state index in [1.807, 2.05) is 39.8 Å². The molecule has 0 fully saturated rings. The Morgan fingerprint density at radius 2 is 1.88 bits per heavy atom. The first-order valence-electron chi connectivity index (χ1n) is 5.62. The molecule has 0 bridgehead atoms. The molecule has 1 aromatic carbocycles. The van der Waals surface area contributed by atoms with Crippen LogP contribution >= 0.6 is 0 Å². The Hall–Kier alpha value is -1.22. The van der Waals surface area contributed by atoms with E-state index in [0.717, 1.165) is 22.6 Å². The number of rotatable bonds is 5. The van der Waals surface area contributed by atoms with E-state index >= 15 is 0 Å². The van der Waals surface area contributed by atoms with Crippen molar-refractivity contribution in [2.24, 2.45) is 0 Å². The van der Waals surface area contributed by atoms with E-state index in [1.165, 1.54) is 0 Å². The van der Waals surface area contributed by atoms with Gasteiger partial charge in [0, 0.05) is 11.3 Å². The van der Waals surface area contributed by atoms with Gasteiger partial charge < -0.3 is 15.2 Å². The maximum absolute atomic E-state index is 5.83. The van der Waals surface area contributed by atoms with Gasteiger partial charge in [-0.1, -0.05) is 6.07 Å². The lowest BCUT2D eigenvalue weighted by atomic mass is 10.1. The summed E-state index contributed by atoms with van der Waals surface area (Å²) in [6.07, 6.45) is 0.242. The van der Waals surface area contributed by atoms with Gasteiger partial charge >= 0.3 is 0 Å². The molecule has 0 aliphatic rings. The Morgan fingerprint density at radius 1 is 1.19 bits per heavy atom. The minimum atomic E-state index is 0.242. The van der Waals surface area contributed by atoms with Crippen molar-refractivity contribution in [3.8, 4) is 5.75 Å². The van der Waals surface area contributed by atoms with Gasteiger partial charge in [0.2, 0.25) is 0 Å². The van der Waals surface area contributed by atoms with Gasteiger partial charge in [-0.25, -0.2) is 0 Å². The fourth-order valence-electron chi connectivity index (χ4n) is 1.49. The van der Waals surface area contributed by atoms with Crippen molar-refractivity contribution in [3.63, 3.8) is 0 Å². The van der Waals surface area contributed by atoms with Crippen molar-refractivity contribution in [1.82, 2.24) is 0 Å². The normalized spacial score (nSPS) is 10.8. The first kappa shape index (κ1) is 12.8. The molecule has 0 amide bonds. The topological polar surface area (TPSA) is 44.5 Å². The maximum atomic E-state index is 5.83. The molecule has 2 N–H and O–H groups in total. The second kappa shape index (κ2) is 5.75. The zero-order chi connectivity index (χ0) is 12.1. The van der Waals surface area contributed by atoms with E-state index in [0.29, 0.717) is 13.2 Å². The third-order valence-corrected chi connectivity index (χ3v) is 2.43. The molecular weight excluding hydrogens is 202 g/mol. The van der Waals surface area contributed by atoms with E-state index in [9.17, 15) is 0 Å². The van der Waals surface area contributed by atoms with Crippen LogP contribution in [-0.2, 0) is 4.74 Å². The van der Waals surface area contributed by atoms with E-state index in [4.69, 9.17) is 15.2 Å². The molecule has 90 valence electrons. The fourth-order valence-corrected chi connectivity index (χ4v) is 1.49. The van der Waals surface area contributed by atoms with Gasteiger partial charge in [0.25, 0.3) is 0 Å². The monoisotopic (exact) mass is 223 g/mol. The standard InChI is InChI=1S/C13H21NO2/c1-9(2)15-7-8-16-13-10(3)5-6-12(14)11(13)4/h5-6,9H,7-8,14H2,1-4H3. The van der Waals surface area contributed by atoms with Crippen LogP contribution in [0.1, 0.15) is 25.0 Å². The van der Waals surface area contributed by atoms with Crippen molar-refractivity contribution in [3.05, 3.63) is 23.3 Å². The summed E-state index contributed by atoms with van der Waals surface area (Å²) in [5, 5.41) is 0. The van der Waals surface area contributed by atoms with Crippen molar-refractivity contribution in [1.29, 1.82) is 0 Å². The zero-order valence-electron chi connectivity index (χ0n) is 10.5. The molecule has 0 aromatic heterocycles. The number of nitrogen functional groups attached to an aromatic ring is 1. The minimum Gasteiger partial charge on any atom is -0.491 e. The summed E-state index contributed by atoms with van der Waals surface area (Å²) >= 11 is 0. The van der Waals surface area contributed by atoms with Crippen LogP contribution in [0.5, 0.6) is 5.75 Å². The van der Waals surface area contributed by atoms with Crippen molar-refractivity contribution < 1.29 is 9.47 Å². The Labute approximate surface area is 97.6 Å². The first-order chi connectivity index (χ1) is 7.52. The van der Waals surface area contributed by atoms with Crippen LogP contribution in [0.25, 0.3) is 0 Å². The van der Waals surface area contributed by atoms with Crippen molar-refractivity contribution in [2.75, 3.05) is 18.9 Å². The second-order valence-corrected chi connectivity index (χ2v) is 4.19. The number of nitrogens with two attached hydrogens (primary N) is 1. The lowest BCUT2D eigenvalue weighted by Crippen LogP contribution is -2.12. The van der Waals surface area contributed by atoms with Gasteiger partial charge in [-0.2, -0.15) is 0 Å². The molecule has 0 saturated heterocycles. The molecule has 0 aliphatic heterocycles. The van der Waals surface area contributed by atoms with E-state index in [-0.39, 0.29) is 6.10 Å². The number of anilines is 1. The van der Waals surface area contributed by atoms with Crippen molar-refractivity contribution in [2.45, 2.75) is 33.8 Å². The Morgan fingerprint density at radius 3 is 2.50 bits per heavy atom. The van der Waals surface area contributed by atoms with Crippen LogP contribution in [0.15, 0.2) is 12.1 Å². The summed E-state index contributed by atoms with van der Waals surface area (Å²) < 4.78 is 11.1. The lowest BCUT2D eigenvalue weighted by molar-refractivity contribution is 0.0550. The Kier molecular flexibility index (Phi) is 4.62. The molecule has 0 radical (unpaired) electrons. The highest BCUT2D eigenvalue weighted by Gasteiger charge is 2.06. The average molecular weight is 223 g/mol. The summed E-state index contributed by atoms with van der Waals surface area (Å²) in [6, 6.07) is 3.88. The lowest BCUT2D eigenvalue weighted by Gasteiger charge is -2.14. The van der Waals surface area contributed by atoms with Crippen LogP contribution in [-0.4, -0.2) is 19.3 Å². The Balaban J connectivity index is 2.56. The molecular formula is C13H21NO2. The largest absolute Gasteiger partial charge is 0.491 e. The van der Waals surface area contributed by atoms with Crippen LogP contribution < -0.4 is 10.5 Å². The van der Waals surface area contributed by atoms with Crippen molar-refractivity contribution >= 4 is 5.69 Å². The summed E-state index contributed by atoms with van der Waals surface area (Å²) in [5.74, 6) is 0.882. The summed E-state index contributed by atoms with van der Waals surface area (Å²) in [5.41, 5.74) is 8.71. The smallest absolute Gasteiger partial charge is 0.127 e. The van der Waals surface area contributed by atoms with E-state index in [1.54, 1.807) is 0 Å². The third-order valence-electron chi connectivity index (χ3n) is 2.43. The maximum Gasteiger partial charge on any atom is 0.127 e. The summed E-state index contributed by atoms with van der Waals surface area (Å²) in [4.78, 5) is 0. The third kappa shape index (κ3) is 3.42. The van der Waals surface area contributed by atoms with Crippen LogP contribution in [0.2, 0.25) is 0 Å². The molecule has 1 rings (SSSR count). The van der Waals surface area contributed by atoms with Gasteiger partial charge in [-0.15, -0.1) is 0 Å². The molecule has 1 aromatic rings. The highest BCUT2D eigenvalue weighted by molar-refractivity contribution is 5.56. The summed E-state index contributed by atoms with van der Waals surface area (Å²) in [7, 11) is 0. The first-order valence-corrected chi connectivity index (χ1v) is 5.62. The van der Waals surface area contributed by atoms with E-state index < -0.39 is 0 Å². The van der Waals surface area contributed by atoms with Gasteiger partial charge in [0.1, 0.15) is 12.4 Å². The molecule has 0 aliphatic carbocycles. The fraction of sp³-hybridized carbons (Fsp3) is 0.538. The number of aryl methyl sites for hydroxylation is 1. The zero-order valence-corrected chi connectivity index (χ0v) is 10.5. The predicted octanol–water partition coefficient (Wildman–Crippen LogP) is 2.69. The SMILES string of the molecule is Cc1ccc(N)c(C)c1OCCOC(C)C. The molecule has 0 spiro atoms. The molecule has 3 nitrogen and oxygen atoms in total. The van der Waals surface area contributed by atoms with Gasteiger partial charge in [0.15, 0.2) is 0 Å². The molecule has 0 heterocycles. The van der Waals surface area contributed by atoms with Crippen LogP contribution in [0, 0.1) is 13.8 Å². The predicted molar refractivity (Wildman–Crippen MR) is 66.9 cm³/mol. The number of ether oxygens (including phenoxy) is 2. The molecule has 0 saturated carbocycles. The van der Waals surface area contributed by atoms with Crippen LogP contribution in [0.3, 0.4) is 0 Å². The van der Waals surface area contributed by atoms with E-state index in [2.05, 4.69) is 0 Å². The molecule has 0 unspecified atom stereocenters. The van der Waals surface area contributed by atoms with Gasteiger partial charge in [-0.3, -0.25) is 0 Å². The highest BCUT2D eigenvalue weighted by Crippen LogP contribution is 2.27. The molecule has 16 heavy (non-hydrogen) atoms. The summed E-state index contributed by atoms with van der Waals surface area (Å²) in [6.45, 7) is 9.18. The average Bonchev–Trinajstić information content (AvgIpc) is 2.22. The highest BCUT2D eigenvalue weighted by atomic mass is 16.5. The molecule has 3 heteroatoms. The number of benzene rings is 1. The number of hydrogen-bond acceptors (Lipinski definition) is 3. The van der Waals surface area contributed by atoms with Gasteiger partial charge in [-0.05, 0) is 39.3 Å². The quantitative estimate of drug-likeness (QED) is 0.616. The minimum absolute atomic E-state index is 0.242. The van der Waals surface area contributed by atoms with Gasteiger partial charge in [0.05, 0.1) is 12.7 Å². The van der Waals surface area contributed by atoms with Crippen LogP contribution in [0.4, 0.5) is 5.69 Å².